The van der Waals surface area contributed by atoms with Crippen LogP contribution in [0, 0.1) is 0 Å². The molecule has 41 heavy (non-hydrogen) atoms. The summed E-state index contributed by atoms with van der Waals surface area (Å²) in [5.41, 5.74) is 1.63. The third kappa shape index (κ3) is 5.59. The number of nitrogens with zero attached hydrogens (tertiary/aromatic N) is 4. The van der Waals surface area contributed by atoms with E-state index in [0.29, 0.717) is 33.9 Å². The summed E-state index contributed by atoms with van der Waals surface area (Å²) in [6.07, 6.45) is 6.68. The molecular formula is C31H24BrN5O4. The van der Waals surface area contributed by atoms with Crippen molar-refractivity contribution < 1.29 is 14.3 Å². The molecule has 2 amide bonds. The molecule has 0 saturated carbocycles. The van der Waals surface area contributed by atoms with Crippen molar-refractivity contribution in [2.24, 2.45) is 0 Å². The second-order valence-corrected chi connectivity index (χ2v) is 10.5. The molecule has 0 spiro atoms. The SMILES string of the molecule is O=C(Nc1ccc(Oc2ccnc(C(=O)N3CCCC3)c2)cc1)c1cn(-c2ccc(Br)cc2)c2ncccc2c1=O. The van der Waals surface area contributed by atoms with Crippen LogP contribution in [0.3, 0.4) is 0 Å². The average molecular weight is 610 g/mol. The fourth-order valence-corrected chi connectivity index (χ4v) is 5.00. The zero-order chi connectivity index (χ0) is 28.3. The van der Waals surface area contributed by atoms with Gasteiger partial charge in [-0.25, -0.2) is 4.98 Å². The Morgan fingerprint density at radius 3 is 2.39 bits per heavy atom. The number of hydrogen-bond donors (Lipinski definition) is 1. The minimum Gasteiger partial charge on any atom is -0.457 e. The molecule has 0 unspecified atom stereocenters. The van der Waals surface area contributed by atoms with Crippen LogP contribution in [0.4, 0.5) is 5.69 Å². The highest BCUT2D eigenvalue weighted by molar-refractivity contribution is 9.10. The number of hydrogen-bond acceptors (Lipinski definition) is 6. The Kier molecular flexibility index (Phi) is 7.30. The van der Waals surface area contributed by atoms with Gasteiger partial charge < -0.3 is 19.5 Å². The summed E-state index contributed by atoms with van der Waals surface area (Å²) in [4.78, 5) is 49.6. The first kappa shape index (κ1) is 26.4. The van der Waals surface area contributed by atoms with Crippen LogP contribution in [0.2, 0.25) is 0 Å². The number of nitrogens with one attached hydrogen (secondary N) is 1. The summed E-state index contributed by atoms with van der Waals surface area (Å²) in [6, 6.07) is 20.9. The maximum Gasteiger partial charge on any atom is 0.272 e. The Balaban J connectivity index is 1.21. The number of pyridine rings is 3. The monoisotopic (exact) mass is 609 g/mol. The van der Waals surface area contributed by atoms with Gasteiger partial charge in [-0.05, 0) is 79.6 Å². The summed E-state index contributed by atoms with van der Waals surface area (Å²) in [7, 11) is 0. The quantitative estimate of drug-likeness (QED) is 0.260. The highest BCUT2D eigenvalue weighted by Crippen LogP contribution is 2.25. The minimum atomic E-state index is -0.542. The van der Waals surface area contributed by atoms with Gasteiger partial charge in [-0.1, -0.05) is 15.9 Å². The van der Waals surface area contributed by atoms with Crippen LogP contribution in [0.5, 0.6) is 11.5 Å². The number of rotatable bonds is 6. The van der Waals surface area contributed by atoms with Crippen LogP contribution in [0.1, 0.15) is 33.7 Å². The van der Waals surface area contributed by atoms with Gasteiger partial charge in [0.1, 0.15) is 28.4 Å². The first-order valence-electron chi connectivity index (χ1n) is 13.1. The molecule has 1 N–H and O–H groups in total. The average Bonchev–Trinajstić information content (AvgIpc) is 3.54. The van der Waals surface area contributed by atoms with Crippen molar-refractivity contribution in [2.45, 2.75) is 12.8 Å². The minimum absolute atomic E-state index is 0.0132. The molecule has 1 fully saturated rings. The highest BCUT2D eigenvalue weighted by Gasteiger charge is 2.21. The number of aromatic nitrogens is 3. The fourth-order valence-electron chi connectivity index (χ4n) is 4.74. The lowest BCUT2D eigenvalue weighted by atomic mass is 10.1. The summed E-state index contributed by atoms with van der Waals surface area (Å²) in [6.45, 7) is 1.49. The number of likely N-dealkylation sites (tertiary alicyclic amines) is 1. The normalized spacial score (nSPS) is 12.9. The predicted molar refractivity (Wildman–Crippen MR) is 159 cm³/mol. The van der Waals surface area contributed by atoms with Gasteiger partial charge in [0.2, 0.25) is 5.43 Å². The topological polar surface area (TPSA) is 106 Å². The van der Waals surface area contributed by atoms with Crippen LogP contribution >= 0.6 is 15.9 Å². The molecule has 3 aromatic heterocycles. The molecule has 1 saturated heterocycles. The molecule has 204 valence electrons. The van der Waals surface area contributed by atoms with Crippen LogP contribution in [-0.2, 0) is 0 Å². The van der Waals surface area contributed by atoms with E-state index in [1.165, 1.54) is 6.20 Å². The molecule has 1 aliphatic heterocycles. The summed E-state index contributed by atoms with van der Waals surface area (Å²) >= 11 is 3.43. The van der Waals surface area contributed by atoms with Crippen LogP contribution < -0.4 is 15.5 Å². The van der Waals surface area contributed by atoms with E-state index in [9.17, 15) is 14.4 Å². The Hall–Kier alpha value is -4.83. The third-order valence-electron chi connectivity index (χ3n) is 6.80. The van der Waals surface area contributed by atoms with E-state index in [-0.39, 0.29) is 11.5 Å². The van der Waals surface area contributed by atoms with Gasteiger partial charge in [0, 0.05) is 53.6 Å². The van der Waals surface area contributed by atoms with E-state index in [1.54, 1.807) is 70.4 Å². The smallest absolute Gasteiger partial charge is 0.272 e. The van der Waals surface area contributed by atoms with Crippen molar-refractivity contribution in [3.05, 3.63) is 117 Å². The number of anilines is 1. The van der Waals surface area contributed by atoms with Crippen molar-refractivity contribution in [1.82, 2.24) is 19.4 Å². The number of benzene rings is 2. The van der Waals surface area contributed by atoms with Crippen LogP contribution in [0.15, 0.2) is 101 Å². The maximum absolute atomic E-state index is 13.3. The van der Waals surface area contributed by atoms with Crippen molar-refractivity contribution in [3.63, 3.8) is 0 Å². The van der Waals surface area contributed by atoms with Gasteiger partial charge in [0.25, 0.3) is 11.8 Å². The molecule has 0 aliphatic carbocycles. The Bertz CT molecular complexity index is 1810. The number of carbonyl (C=O) groups is 2. The molecule has 0 bridgehead atoms. The number of carbonyl (C=O) groups excluding carboxylic acids is 2. The van der Waals surface area contributed by atoms with E-state index in [0.717, 1.165) is 36.1 Å². The van der Waals surface area contributed by atoms with E-state index < -0.39 is 11.3 Å². The number of halogens is 1. The molecule has 6 rings (SSSR count). The Labute approximate surface area is 243 Å². The number of fused-ring (bicyclic) bond motifs is 1. The summed E-state index contributed by atoms with van der Waals surface area (Å²) in [5, 5.41) is 3.14. The highest BCUT2D eigenvalue weighted by atomic mass is 79.9. The zero-order valence-corrected chi connectivity index (χ0v) is 23.4. The van der Waals surface area contributed by atoms with E-state index >= 15 is 0 Å². The lowest BCUT2D eigenvalue weighted by Crippen LogP contribution is -2.28. The molecular weight excluding hydrogens is 586 g/mol. The molecule has 5 aromatic rings. The third-order valence-corrected chi connectivity index (χ3v) is 7.33. The first-order chi connectivity index (χ1) is 20.0. The van der Waals surface area contributed by atoms with E-state index in [4.69, 9.17) is 4.74 Å². The van der Waals surface area contributed by atoms with E-state index in [1.807, 2.05) is 24.3 Å². The first-order valence-corrected chi connectivity index (χ1v) is 13.9. The van der Waals surface area contributed by atoms with Gasteiger partial charge in [-0.15, -0.1) is 0 Å². The summed E-state index contributed by atoms with van der Waals surface area (Å²) in [5.74, 6) is 0.356. The van der Waals surface area contributed by atoms with Crippen LogP contribution in [-0.4, -0.2) is 44.3 Å². The standard InChI is InChI=1S/C31H24BrN5O4/c32-20-5-9-22(10-6-20)37-19-26(28(38)25-4-3-14-34-29(25)37)30(39)35-21-7-11-23(12-8-21)41-24-13-15-33-27(18-24)31(40)36-16-1-2-17-36/h3-15,18-19H,1-2,16-17H2,(H,35,39). The maximum atomic E-state index is 13.3. The molecule has 10 heteroatoms. The Morgan fingerprint density at radius 2 is 1.63 bits per heavy atom. The van der Waals surface area contributed by atoms with Crippen molar-refractivity contribution >= 4 is 44.5 Å². The van der Waals surface area contributed by atoms with Gasteiger partial charge in [-0.2, -0.15) is 0 Å². The molecule has 4 heterocycles. The van der Waals surface area contributed by atoms with Gasteiger partial charge in [0.05, 0.1) is 5.39 Å². The number of amides is 2. The second kappa shape index (κ2) is 11.3. The van der Waals surface area contributed by atoms with Gasteiger partial charge in [0.15, 0.2) is 0 Å². The van der Waals surface area contributed by atoms with Crippen molar-refractivity contribution in [1.29, 1.82) is 0 Å². The van der Waals surface area contributed by atoms with Gasteiger partial charge in [-0.3, -0.25) is 19.4 Å². The lowest BCUT2D eigenvalue weighted by Gasteiger charge is -2.15. The van der Waals surface area contributed by atoms with Crippen LogP contribution in [0.25, 0.3) is 16.7 Å². The lowest BCUT2D eigenvalue weighted by molar-refractivity contribution is 0.0786. The van der Waals surface area contributed by atoms with Crippen molar-refractivity contribution in [3.8, 4) is 17.2 Å². The second-order valence-electron chi connectivity index (χ2n) is 9.55. The van der Waals surface area contributed by atoms with Crippen molar-refractivity contribution in [2.75, 3.05) is 18.4 Å². The molecule has 2 aromatic carbocycles. The fraction of sp³-hybridized carbons (Fsp3) is 0.129. The molecule has 0 radical (unpaired) electrons. The van der Waals surface area contributed by atoms with Gasteiger partial charge >= 0.3 is 0 Å². The summed E-state index contributed by atoms with van der Waals surface area (Å²) < 4.78 is 8.57. The predicted octanol–water partition coefficient (Wildman–Crippen LogP) is 5.82. The molecule has 0 atom stereocenters. The number of ether oxygens (including phenoxy) is 1. The Morgan fingerprint density at radius 1 is 0.878 bits per heavy atom. The molecule has 1 aliphatic rings. The molecule has 9 nitrogen and oxygen atoms in total. The largest absolute Gasteiger partial charge is 0.457 e. The van der Waals surface area contributed by atoms with E-state index in [2.05, 4.69) is 31.2 Å². The zero-order valence-electron chi connectivity index (χ0n) is 21.8.